The first kappa shape index (κ1) is 19.5. The van der Waals surface area contributed by atoms with Gasteiger partial charge in [0.25, 0.3) is 15.9 Å². The number of nitrogens with zero attached hydrogens (tertiary/aromatic N) is 1. The highest BCUT2D eigenvalue weighted by molar-refractivity contribution is 7.92. The van der Waals surface area contributed by atoms with E-state index >= 15 is 0 Å². The molecule has 0 fully saturated rings. The molecule has 144 valence electrons. The molecule has 2 N–H and O–H groups in total. The van der Waals surface area contributed by atoms with Gasteiger partial charge in [0.1, 0.15) is 11.6 Å². The van der Waals surface area contributed by atoms with Crippen LogP contribution in [0.4, 0.5) is 15.9 Å². The van der Waals surface area contributed by atoms with Crippen LogP contribution >= 0.6 is 0 Å². The van der Waals surface area contributed by atoms with Gasteiger partial charge in [-0.05, 0) is 55.3 Å². The fourth-order valence-corrected chi connectivity index (χ4v) is 3.58. The van der Waals surface area contributed by atoms with E-state index in [2.05, 4.69) is 15.0 Å². The zero-order chi connectivity index (χ0) is 20.3. The Balaban J connectivity index is 1.89. The molecule has 0 unspecified atom stereocenters. The lowest BCUT2D eigenvalue weighted by atomic mass is 10.1. The maximum Gasteiger partial charge on any atom is 0.262 e. The van der Waals surface area contributed by atoms with Crippen molar-refractivity contribution in [3.05, 3.63) is 83.3 Å². The third-order valence-corrected chi connectivity index (χ3v) is 5.40. The number of carbonyl (C=O) groups is 1. The number of benzene rings is 2. The molecule has 3 rings (SSSR count). The summed E-state index contributed by atoms with van der Waals surface area (Å²) in [6.07, 6.45) is 1.61. The Morgan fingerprint density at radius 3 is 2.46 bits per heavy atom. The quantitative estimate of drug-likeness (QED) is 0.681. The SMILES string of the molecule is Cc1ccc(NC(=O)c2cc(S(=O)(=O)Nc3ccccc3F)ccc2C)nc1. The van der Waals surface area contributed by atoms with Crippen LogP contribution in [0.5, 0.6) is 0 Å². The van der Waals surface area contributed by atoms with Gasteiger partial charge in [-0.1, -0.05) is 24.3 Å². The Bertz CT molecular complexity index is 1130. The van der Waals surface area contributed by atoms with Crippen LogP contribution < -0.4 is 10.0 Å². The van der Waals surface area contributed by atoms with Gasteiger partial charge in [-0.2, -0.15) is 0 Å². The number of hydrogen-bond acceptors (Lipinski definition) is 4. The summed E-state index contributed by atoms with van der Waals surface area (Å²) in [4.78, 5) is 16.5. The summed E-state index contributed by atoms with van der Waals surface area (Å²) in [7, 11) is -4.07. The fraction of sp³-hybridized carbons (Fsp3) is 0.100. The van der Waals surface area contributed by atoms with Crippen LogP contribution in [0.25, 0.3) is 0 Å². The molecule has 8 heteroatoms. The number of carbonyl (C=O) groups excluding carboxylic acids is 1. The monoisotopic (exact) mass is 399 g/mol. The van der Waals surface area contributed by atoms with E-state index in [9.17, 15) is 17.6 Å². The van der Waals surface area contributed by atoms with Crippen LogP contribution in [0.1, 0.15) is 21.5 Å². The van der Waals surface area contributed by atoms with Crippen LogP contribution in [-0.2, 0) is 10.0 Å². The van der Waals surface area contributed by atoms with Crippen molar-refractivity contribution in [2.45, 2.75) is 18.7 Å². The molecule has 6 nitrogen and oxygen atoms in total. The number of aryl methyl sites for hydroxylation is 2. The molecular weight excluding hydrogens is 381 g/mol. The minimum atomic E-state index is -4.07. The van der Waals surface area contributed by atoms with E-state index < -0.39 is 21.7 Å². The van der Waals surface area contributed by atoms with E-state index in [0.29, 0.717) is 11.4 Å². The summed E-state index contributed by atoms with van der Waals surface area (Å²) in [6, 6.07) is 13.0. The highest BCUT2D eigenvalue weighted by atomic mass is 32.2. The maximum absolute atomic E-state index is 13.8. The van der Waals surface area contributed by atoms with E-state index in [1.54, 1.807) is 25.3 Å². The summed E-state index contributed by atoms with van der Waals surface area (Å²) >= 11 is 0. The van der Waals surface area contributed by atoms with Crippen molar-refractivity contribution in [2.24, 2.45) is 0 Å². The van der Waals surface area contributed by atoms with Crippen molar-refractivity contribution in [1.82, 2.24) is 4.98 Å². The van der Waals surface area contributed by atoms with Crippen molar-refractivity contribution < 1.29 is 17.6 Å². The van der Waals surface area contributed by atoms with E-state index in [0.717, 1.165) is 11.6 Å². The largest absolute Gasteiger partial charge is 0.307 e. The molecular formula is C20H18FN3O3S. The standard InChI is InChI=1S/C20H18FN3O3S/c1-13-7-10-19(22-12-13)23-20(25)16-11-15(9-8-14(16)2)28(26,27)24-18-6-4-3-5-17(18)21/h3-12,24H,1-2H3,(H,22,23,25). The second-order valence-electron chi connectivity index (χ2n) is 6.24. The van der Waals surface area contributed by atoms with Crippen molar-refractivity contribution in [2.75, 3.05) is 10.0 Å². The van der Waals surface area contributed by atoms with Crippen LogP contribution in [0.3, 0.4) is 0 Å². The van der Waals surface area contributed by atoms with Crippen molar-refractivity contribution in [1.29, 1.82) is 0 Å². The molecule has 0 radical (unpaired) electrons. The molecule has 1 aromatic heterocycles. The van der Waals surface area contributed by atoms with E-state index in [1.807, 2.05) is 6.92 Å². The number of aromatic nitrogens is 1. The van der Waals surface area contributed by atoms with Gasteiger partial charge in [0.15, 0.2) is 0 Å². The van der Waals surface area contributed by atoms with E-state index in [4.69, 9.17) is 0 Å². The van der Waals surface area contributed by atoms with Crippen molar-refractivity contribution >= 4 is 27.4 Å². The minimum Gasteiger partial charge on any atom is -0.307 e. The molecule has 0 bridgehead atoms. The number of halogens is 1. The summed E-state index contributed by atoms with van der Waals surface area (Å²) in [5.41, 5.74) is 1.55. The van der Waals surface area contributed by atoms with Gasteiger partial charge in [-0.25, -0.2) is 17.8 Å². The molecule has 1 amide bonds. The Morgan fingerprint density at radius 2 is 1.79 bits per heavy atom. The molecule has 0 saturated carbocycles. The third kappa shape index (κ3) is 4.34. The topological polar surface area (TPSA) is 88.2 Å². The highest BCUT2D eigenvalue weighted by Gasteiger charge is 2.19. The Kier molecular flexibility index (Phi) is 5.41. The number of para-hydroxylation sites is 1. The van der Waals surface area contributed by atoms with Gasteiger partial charge in [-0.3, -0.25) is 9.52 Å². The Labute approximate surface area is 162 Å². The molecule has 0 aliphatic heterocycles. The first-order chi connectivity index (χ1) is 13.3. The summed E-state index contributed by atoms with van der Waals surface area (Å²) in [6.45, 7) is 3.57. The van der Waals surface area contributed by atoms with Gasteiger partial charge in [0, 0.05) is 11.8 Å². The van der Waals surface area contributed by atoms with Crippen molar-refractivity contribution in [3.63, 3.8) is 0 Å². The maximum atomic E-state index is 13.8. The highest BCUT2D eigenvalue weighted by Crippen LogP contribution is 2.21. The molecule has 1 heterocycles. The van der Waals surface area contributed by atoms with Gasteiger partial charge < -0.3 is 5.32 Å². The molecule has 0 saturated heterocycles. The number of anilines is 2. The molecule has 0 aliphatic rings. The fourth-order valence-electron chi connectivity index (χ4n) is 2.49. The molecule has 28 heavy (non-hydrogen) atoms. The first-order valence-corrected chi connectivity index (χ1v) is 9.86. The number of sulfonamides is 1. The van der Waals surface area contributed by atoms with Crippen molar-refractivity contribution in [3.8, 4) is 0 Å². The van der Waals surface area contributed by atoms with Gasteiger partial charge in [0.2, 0.25) is 0 Å². The summed E-state index contributed by atoms with van der Waals surface area (Å²) < 4.78 is 41.2. The smallest absolute Gasteiger partial charge is 0.262 e. The number of rotatable bonds is 5. The minimum absolute atomic E-state index is 0.150. The van der Waals surface area contributed by atoms with Gasteiger partial charge in [-0.15, -0.1) is 0 Å². The van der Waals surface area contributed by atoms with E-state index in [-0.39, 0.29) is 16.1 Å². The number of pyridine rings is 1. The van der Waals surface area contributed by atoms with E-state index in [1.165, 1.54) is 36.4 Å². The molecule has 0 atom stereocenters. The summed E-state index contributed by atoms with van der Waals surface area (Å²) in [5.74, 6) is -0.828. The second kappa shape index (κ2) is 7.77. The molecule has 2 aromatic carbocycles. The average molecular weight is 399 g/mol. The van der Waals surface area contributed by atoms with Gasteiger partial charge in [0.05, 0.1) is 10.6 Å². The lowest BCUT2D eigenvalue weighted by Crippen LogP contribution is -2.18. The Hall–Kier alpha value is -3.26. The predicted octanol–water partition coefficient (Wildman–Crippen LogP) is 3.89. The van der Waals surface area contributed by atoms with Crippen LogP contribution in [-0.4, -0.2) is 19.3 Å². The number of hydrogen-bond donors (Lipinski definition) is 2. The zero-order valence-electron chi connectivity index (χ0n) is 15.2. The summed E-state index contributed by atoms with van der Waals surface area (Å²) in [5, 5.41) is 2.64. The first-order valence-electron chi connectivity index (χ1n) is 8.38. The predicted molar refractivity (Wildman–Crippen MR) is 105 cm³/mol. The molecule has 3 aromatic rings. The Morgan fingerprint density at radius 1 is 1.04 bits per heavy atom. The molecule has 0 aliphatic carbocycles. The number of amides is 1. The number of nitrogens with one attached hydrogen (secondary N) is 2. The third-order valence-electron chi connectivity index (χ3n) is 4.04. The van der Waals surface area contributed by atoms with Crippen LogP contribution in [0, 0.1) is 19.7 Å². The lowest BCUT2D eigenvalue weighted by molar-refractivity contribution is 0.102. The van der Waals surface area contributed by atoms with Crippen LogP contribution in [0.15, 0.2) is 65.7 Å². The molecule has 0 spiro atoms. The average Bonchev–Trinajstić information content (AvgIpc) is 2.65. The normalized spacial score (nSPS) is 11.1. The van der Waals surface area contributed by atoms with Gasteiger partial charge >= 0.3 is 0 Å². The second-order valence-corrected chi connectivity index (χ2v) is 7.92. The van der Waals surface area contributed by atoms with Crippen LogP contribution in [0.2, 0.25) is 0 Å². The zero-order valence-corrected chi connectivity index (χ0v) is 16.0. The lowest BCUT2D eigenvalue weighted by Gasteiger charge is -2.12.